The van der Waals surface area contributed by atoms with Crippen molar-refractivity contribution in [2.24, 2.45) is 5.92 Å². The highest BCUT2D eigenvalue weighted by molar-refractivity contribution is 5.98. The number of pyridine rings is 1. The van der Waals surface area contributed by atoms with Gasteiger partial charge in [0.25, 0.3) is 5.91 Å². The third-order valence-electron chi connectivity index (χ3n) is 6.33. The van der Waals surface area contributed by atoms with Crippen LogP contribution in [0.3, 0.4) is 0 Å². The molecular formula is C30H35N3O4. The third kappa shape index (κ3) is 8.95. The van der Waals surface area contributed by atoms with Gasteiger partial charge in [-0.1, -0.05) is 80.9 Å². The van der Waals surface area contributed by atoms with E-state index in [2.05, 4.69) is 15.6 Å². The summed E-state index contributed by atoms with van der Waals surface area (Å²) in [7, 11) is 0. The molecular weight excluding hydrogens is 466 g/mol. The van der Waals surface area contributed by atoms with E-state index in [1.54, 1.807) is 18.3 Å². The van der Waals surface area contributed by atoms with Gasteiger partial charge in [0.1, 0.15) is 12.6 Å². The molecule has 2 amide bonds. The van der Waals surface area contributed by atoms with Gasteiger partial charge in [-0.2, -0.15) is 0 Å². The summed E-state index contributed by atoms with van der Waals surface area (Å²) in [6.45, 7) is 4.04. The monoisotopic (exact) mass is 501 g/mol. The fourth-order valence-corrected chi connectivity index (χ4v) is 3.90. The zero-order valence-electron chi connectivity index (χ0n) is 21.4. The van der Waals surface area contributed by atoms with Crippen LogP contribution in [0.2, 0.25) is 0 Å². The predicted octanol–water partition coefficient (Wildman–Crippen LogP) is 4.13. The summed E-state index contributed by atoms with van der Waals surface area (Å²) in [5, 5.41) is 5.74. The van der Waals surface area contributed by atoms with Gasteiger partial charge in [0.15, 0.2) is 5.78 Å². The van der Waals surface area contributed by atoms with Crippen molar-refractivity contribution < 1.29 is 19.1 Å². The Balaban J connectivity index is 1.69. The van der Waals surface area contributed by atoms with Crippen LogP contribution < -0.4 is 10.6 Å². The number of amides is 2. The van der Waals surface area contributed by atoms with E-state index in [-0.39, 0.29) is 30.1 Å². The second-order valence-electron chi connectivity index (χ2n) is 9.11. The fraction of sp³-hybridized carbons (Fsp3) is 0.333. The van der Waals surface area contributed by atoms with Gasteiger partial charge in [-0.3, -0.25) is 19.4 Å². The lowest BCUT2D eigenvalue weighted by atomic mass is 9.96. The molecule has 3 atom stereocenters. The summed E-state index contributed by atoms with van der Waals surface area (Å²) in [6, 6.07) is 21.2. The summed E-state index contributed by atoms with van der Waals surface area (Å²) in [5.74, 6) is -1.12. The highest BCUT2D eigenvalue weighted by Crippen LogP contribution is 2.12. The Kier molecular flexibility index (Phi) is 11.0. The minimum Gasteiger partial charge on any atom is -0.369 e. The molecule has 1 heterocycles. The van der Waals surface area contributed by atoms with Crippen LogP contribution in [0.5, 0.6) is 0 Å². The van der Waals surface area contributed by atoms with Gasteiger partial charge in [-0.15, -0.1) is 0 Å². The largest absolute Gasteiger partial charge is 0.369 e. The number of nitrogens with one attached hydrogen (secondary N) is 2. The van der Waals surface area contributed by atoms with Gasteiger partial charge in [0.05, 0.1) is 18.2 Å². The normalized spacial score (nSPS) is 13.2. The lowest BCUT2D eigenvalue weighted by molar-refractivity contribution is -0.132. The van der Waals surface area contributed by atoms with Crippen molar-refractivity contribution in [3.05, 3.63) is 102 Å². The molecule has 0 radical (unpaired) electrons. The van der Waals surface area contributed by atoms with Crippen molar-refractivity contribution in [1.29, 1.82) is 0 Å². The number of ketones is 1. The molecule has 0 aliphatic rings. The molecule has 7 heteroatoms. The van der Waals surface area contributed by atoms with E-state index >= 15 is 0 Å². The molecule has 1 aromatic heterocycles. The number of hydrogen-bond acceptors (Lipinski definition) is 5. The van der Waals surface area contributed by atoms with Gasteiger partial charge in [-0.05, 0) is 42.0 Å². The van der Waals surface area contributed by atoms with E-state index in [1.165, 1.54) is 6.20 Å². The lowest BCUT2D eigenvalue weighted by Crippen LogP contribution is -2.54. The number of rotatable bonds is 14. The molecule has 0 saturated heterocycles. The van der Waals surface area contributed by atoms with Gasteiger partial charge >= 0.3 is 0 Å². The predicted molar refractivity (Wildman–Crippen MR) is 143 cm³/mol. The Labute approximate surface area is 218 Å². The van der Waals surface area contributed by atoms with Crippen LogP contribution in [-0.2, 0) is 27.4 Å². The minimum atomic E-state index is -0.796. The van der Waals surface area contributed by atoms with Gasteiger partial charge in [-0.25, -0.2) is 0 Å². The number of hydrogen-bond donors (Lipinski definition) is 2. The van der Waals surface area contributed by atoms with Crippen molar-refractivity contribution in [2.45, 2.75) is 51.8 Å². The number of aryl methyl sites for hydroxylation is 1. The number of carbonyl (C=O) groups excluding carboxylic acids is 3. The molecule has 7 nitrogen and oxygen atoms in total. The molecule has 0 aliphatic carbocycles. The molecule has 2 aromatic carbocycles. The standard InChI is InChI=1S/C30H35N3O4/c1-3-22(2)28(33-29(35)25-15-10-18-31-19-25)30(36)32-26(17-16-23-11-6-4-7-12-23)27(34)21-37-20-24-13-8-5-9-14-24/h4-15,18-19,22,26,28H,3,16-17,20-21H2,1-2H3,(H,32,36)(H,33,35)/t22-,26+,28+/m1/s1. The average molecular weight is 502 g/mol. The molecule has 0 aliphatic heterocycles. The van der Waals surface area contributed by atoms with Crippen LogP contribution in [0.25, 0.3) is 0 Å². The Morgan fingerprint density at radius 1 is 0.892 bits per heavy atom. The number of aromatic nitrogens is 1. The number of carbonyl (C=O) groups is 3. The molecule has 0 spiro atoms. The maximum absolute atomic E-state index is 13.4. The molecule has 37 heavy (non-hydrogen) atoms. The van der Waals surface area contributed by atoms with Crippen molar-refractivity contribution in [3.63, 3.8) is 0 Å². The van der Waals surface area contributed by atoms with Gasteiger partial charge in [0.2, 0.25) is 5.91 Å². The second-order valence-corrected chi connectivity index (χ2v) is 9.11. The maximum atomic E-state index is 13.4. The molecule has 0 unspecified atom stereocenters. The Hall–Kier alpha value is -3.84. The van der Waals surface area contributed by atoms with Crippen LogP contribution in [0.15, 0.2) is 85.2 Å². The first-order valence-electron chi connectivity index (χ1n) is 12.7. The van der Waals surface area contributed by atoms with E-state index < -0.39 is 12.1 Å². The molecule has 0 fully saturated rings. The van der Waals surface area contributed by atoms with Gasteiger partial charge in [0, 0.05) is 12.4 Å². The van der Waals surface area contributed by atoms with Crippen molar-refractivity contribution >= 4 is 17.6 Å². The number of benzene rings is 2. The first-order valence-corrected chi connectivity index (χ1v) is 12.7. The highest BCUT2D eigenvalue weighted by atomic mass is 16.5. The Morgan fingerprint density at radius 3 is 2.19 bits per heavy atom. The third-order valence-corrected chi connectivity index (χ3v) is 6.33. The number of Topliss-reactive ketones (excluding diaryl/α,β-unsaturated/α-hetero) is 1. The minimum absolute atomic E-state index is 0.120. The maximum Gasteiger partial charge on any atom is 0.253 e. The van der Waals surface area contributed by atoms with E-state index in [1.807, 2.05) is 74.5 Å². The van der Waals surface area contributed by atoms with Crippen LogP contribution >= 0.6 is 0 Å². The zero-order valence-corrected chi connectivity index (χ0v) is 21.4. The summed E-state index contributed by atoms with van der Waals surface area (Å²) in [5.41, 5.74) is 2.41. The van der Waals surface area contributed by atoms with E-state index in [9.17, 15) is 14.4 Å². The van der Waals surface area contributed by atoms with Crippen molar-refractivity contribution in [2.75, 3.05) is 6.61 Å². The number of ether oxygens (including phenoxy) is 1. The Morgan fingerprint density at radius 2 is 1.57 bits per heavy atom. The second kappa shape index (κ2) is 14.7. The molecule has 2 N–H and O–H groups in total. The van der Waals surface area contributed by atoms with Crippen molar-refractivity contribution in [1.82, 2.24) is 15.6 Å². The van der Waals surface area contributed by atoms with E-state index in [0.29, 0.717) is 31.4 Å². The molecule has 3 rings (SSSR count). The lowest BCUT2D eigenvalue weighted by Gasteiger charge is -2.26. The SMILES string of the molecule is CC[C@@H](C)[C@H](NC(=O)c1cccnc1)C(=O)N[C@@H](CCc1ccccc1)C(=O)COCc1ccccc1. The highest BCUT2D eigenvalue weighted by Gasteiger charge is 2.30. The first kappa shape index (κ1) is 27.7. The Bertz CT molecular complexity index is 1120. The van der Waals surface area contributed by atoms with E-state index in [0.717, 1.165) is 11.1 Å². The van der Waals surface area contributed by atoms with Crippen LogP contribution in [0.1, 0.15) is 48.2 Å². The smallest absolute Gasteiger partial charge is 0.253 e. The molecule has 0 saturated carbocycles. The first-order chi connectivity index (χ1) is 18.0. The number of nitrogens with zero attached hydrogens (tertiary/aromatic N) is 1. The quantitative estimate of drug-likeness (QED) is 0.346. The fourth-order valence-electron chi connectivity index (χ4n) is 3.90. The molecule has 0 bridgehead atoms. The average Bonchev–Trinajstić information content (AvgIpc) is 2.94. The summed E-state index contributed by atoms with van der Waals surface area (Å²) < 4.78 is 5.67. The molecule has 194 valence electrons. The van der Waals surface area contributed by atoms with Crippen LogP contribution in [-0.4, -0.2) is 41.3 Å². The van der Waals surface area contributed by atoms with Crippen LogP contribution in [0, 0.1) is 5.92 Å². The summed E-state index contributed by atoms with van der Waals surface area (Å²) >= 11 is 0. The molecule has 3 aromatic rings. The van der Waals surface area contributed by atoms with Crippen LogP contribution in [0.4, 0.5) is 0 Å². The summed E-state index contributed by atoms with van der Waals surface area (Å²) in [6.07, 6.45) is 4.75. The van der Waals surface area contributed by atoms with Crippen molar-refractivity contribution in [3.8, 4) is 0 Å². The zero-order chi connectivity index (χ0) is 26.5. The van der Waals surface area contributed by atoms with Gasteiger partial charge < -0.3 is 15.4 Å². The summed E-state index contributed by atoms with van der Waals surface area (Å²) in [4.78, 5) is 43.3. The van der Waals surface area contributed by atoms with E-state index in [4.69, 9.17) is 4.74 Å². The topological polar surface area (TPSA) is 97.4 Å².